The summed E-state index contributed by atoms with van der Waals surface area (Å²) in [6.07, 6.45) is -0.787. The first-order valence-electron chi connectivity index (χ1n) is 2.75. The fraction of sp³-hybridized carbons (Fsp3) is 0.800. The standard InChI is InChI=1S/C5H12N2O2/c1-3(8)4(6)5(9)7-2/h3-4,8H,6H2,1-2H3,(H,7,9). The third kappa shape index (κ3) is 2.43. The van der Waals surface area contributed by atoms with Gasteiger partial charge in [0.2, 0.25) is 5.91 Å². The van der Waals surface area contributed by atoms with E-state index in [0.717, 1.165) is 0 Å². The Kier molecular flexibility index (Phi) is 3.19. The molecular weight excluding hydrogens is 120 g/mol. The summed E-state index contributed by atoms with van der Waals surface area (Å²) >= 11 is 0. The molecule has 0 heterocycles. The third-order valence-electron chi connectivity index (χ3n) is 1.07. The molecule has 0 radical (unpaired) electrons. The highest BCUT2D eigenvalue weighted by atomic mass is 16.3. The van der Waals surface area contributed by atoms with E-state index in [2.05, 4.69) is 5.32 Å². The van der Waals surface area contributed by atoms with Crippen LogP contribution in [0, 0.1) is 0 Å². The van der Waals surface area contributed by atoms with Gasteiger partial charge in [-0.15, -0.1) is 0 Å². The topological polar surface area (TPSA) is 75.4 Å². The van der Waals surface area contributed by atoms with Crippen LogP contribution in [0.3, 0.4) is 0 Å². The maximum atomic E-state index is 10.6. The predicted molar refractivity (Wildman–Crippen MR) is 33.7 cm³/mol. The minimum absolute atomic E-state index is 0.343. The molecule has 2 atom stereocenters. The Bertz CT molecular complexity index is 103. The van der Waals surface area contributed by atoms with Crippen molar-refractivity contribution in [1.29, 1.82) is 0 Å². The van der Waals surface area contributed by atoms with Gasteiger partial charge in [-0.3, -0.25) is 4.79 Å². The number of hydrogen-bond donors (Lipinski definition) is 3. The molecule has 1 amide bonds. The molecular formula is C5H12N2O2. The second kappa shape index (κ2) is 3.42. The monoisotopic (exact) mass is 132 g/mol. The van der Waals surface area contributed by atoms with E-state index in [1.165, 1.54) is 14.0 Å². The molecule has 0 aromatic rings. The van der Waals surface area contributed by atoms with Crippen LogP contribution < -0.4 is 11.1 Å². The largest absolute Gasteiger partial charge is 0.391 e. The third-order valence-corrected chi connectivity index (χ3v) is 1.07. The van der Waals surface area contributed by atoms with Gasteiger partial charge in [0.1, 0.15) is 6.04 Å². The number of likely N-dealkylation sites (N-methyl/N-ethyl adjacent to an activating group) is 1. The molecule has 2 unspecified atom stereocenters. The van der Waals surface area contributed by atoms with Crippen LogP contribution in [-0.4, -0.2) is 30.2 Å². The molecule has 0 saturated heterocycles. The van der Waals surface area contributed by atoms with Crippen molar-refractivity contribution in [3.8, 4) is 0 Å². The van der Waals surface area contributed by atoms with Crippen LogP contribution in [0.2, 0.25) is 0 Å². The van der Waals surface area contributed by atoms with Gasteiger partial charge in [0.25, 0.3) is 0 Å². The first-order valence-corrected chi connectivity index (χ1v) is 2.75. The quantitative estimate of drug-likeness (QED) is 0.425. The lowest BCUT2D eigenvalue weighted by molar-refractivity contribution is -0.123. The predicted octanol–water partition coefficient (Wildman–Crippen LogP) is -1.56. The number of amides is 1. The molecule has 0 aliphatic rings. The Morgan fingerprint density at radius 2 is 2.22 bits per heavy atom. The van der Waals surface area contributed by atoms with Crippen molar-refractivity contribution in [2.45, 2.75) is 19.1 Å². The normalized spacial score (nSPS) is 16.4. The minimum Gasteiger partial charge on any atom is -0.391 e. The van der Waals surface area contributed by atoms with Crippen molar-refractivity contribution in [1.82, 2.24) is 5.32 Å². The van der Waals surface area contributed by atoms with Gasteiger partial charge < -0.3 is 16.2 Å². The van der Waals surface area contributed by atoms with Crippen LogP contribution in [0.5, 0.6) is 0 Å². The van der Waals surface area contributed by atoms with Gasteiger partial charge in [0.15, 0.2) is 0 Å². The molecule has 0 fully saturated rings. The molecule has 0 aliphatic heterocycles. The van der Waals surface area contributed by atoms with E-state index in [-0.39, 0.29) is 5.91 Å². The fourth-order valence-corrected chi connectivity index (χ4v) is 0.386. The van der Waals surface area contributed by atoms with E-state index >= 15 is 0 Å². The number of carbonyl (C=O) groups excluding carboxylic acids is 1. The summed E-state index contributed by atoms with van der Waals surface area (Å²) in [5.41, 5.74) is 5.21. The van der Waals surface area contributed by atoms with Gasteiger partial charge >= 0.3 is 0 Å². The van der Waals surface area contributed by atoms with Crippen LogP contribution in [0.25, 0.3) is 0 Å². The summed E-state index contributed by atoms with van der Waals surface area (Å²) in [7, 11) is 1.48. The lowest BCUT2D eigenvalue weighted by Gasteiger charge is -2.11. The van der Waals surface area contributed by atoms with Crippen molar-refractivity contribution in [2.24, 2.45) is 5.73 Å². The van der Waals surface area contributed by atoms with E-state index < -0.39 is 12.1 Å². The number of nitrogens with one attached hydrogen (secondary N) is 1. The summed E-state index contributed by atoms with van der Waals surface area (Å²) in [6.45, 7) is 1.47. The number of carbonyl (C=O) groups is 1. The molecule has 0 spiro atoms. The van der Waals surface area contributed by atoms with Gasteiger partial charge in [-0.25, -0.2) is 0 Å². The Balaban J connectivity index is 3.72. The first kappa shape index (κ1) is 8.39. The molecule has 4 N–H and O–H groups in total. The molecule has 0 saturated carbocycles. The Morgan fingerprint density at radius 1 is 1.78 bits per heavy atom. The number of aliphatic hydroxyl groups is 1. The van der Waals surface area contributed by atoms with Crippen LogP contribution in [-0.2, 0) is 4.79 Å². The van der Waals surface area contributed by atoms with Crippen molar-refractivity contribution in [3.63, 3.8) is 0 Å². The van der Waals surface area contributed by atoms with Crippen LogP contribution >= 0.6 is 0 Å². The summed E-state index contributed by atoms with van der Waals surface area (Å²) < 4.78 is 0. The average Bonchev–Trinajstić information content (AvgIpc) is 1.84. The van der Waals surface area contributed by atoms with E-state index in [0.29, 0.717) is 0 Å². The molecule has 0 aromatic heterocycles. The zero-order chi connectivity index (χ0) is 7.44. The highest BCUT2D eigenvalue weighted by Gasteiger charge is 2.16. The smallest absolute Gasteiger partial charge is 0.239 e. The van der Waals surface area contributed by atoms with Gasteiger partial charge in [0, 0.05) is 7.05 Å². The minimum atomic E-state index is -0.810. The molecule has 0 aromatic carbocycles. The van der Waals surface area contributed by atoms with E-state index in [4.69, 9.17) is 10.8 Å². The van der Waals surface area contributed by atoms with Crippen molar-refractivity contribution in [2.75, 3.05) is 7.05 Å². The summed E-state index contributed by atoms with van der Waals surface area (Å²) in [5.74, 6) is -0.343. The number of nitrogens with two attached hydrogens (primary N) is 1. The van der Waals surface area contributed by atoms with Crippen molar-refractivity contribution in [3.05, 3.63) is 0 Å². The molecule has 0 aliphatic carbocycles. The van der Waals surface area contributed by atoms with Crippen LogP contribution in [0.4, 0.5) is 0 Å². The molecule has 0 bridgehead atoms. The van der Waals surface area contributed by atoms with Gasteiger partial charge in [-0.1, -0.05) is 0 Å². The molecule has 4 nitrogen and oxygen atoms in total. The number of aliphatic hydroxyl groups excluding tert-OH is 1. The Morgan fingerprint density at radius 3 is 2.33 bits per heavy atom. The summed E-state index contributed by atoms with van der Waals surface area (Å²) in [4.78, 5) is 10.6. The maximum absolute atomic E-state index is 10.6. The van der Waals surface area contributed by atoms with E-state index in [1.54, 1.807) is 0 Å². The maximum Gasteiger partial charge on any atom is 0.239 e. The van der Waals surface area contributed by atoms with Gasteiger partial charge in [-0.2, -0.15) is 0 Å². The highest BCUT2D eigenvalue weighted by Crippen LogP contribution is 1.86. The van der Waals surface area contributed by atoms with Crippen LogP contribution in [0.15, 0.2) is 0 Å². The number of rotatable bonds is 2. The zero-order valence-corrected chi connectivity index (χ0v) is 5.59. The average molecular weight is 132 g/mol. The van der Waals surface area contributed by atoms with E-state index in [1.807, 2.05) is 0 Å². The van der Waals surface area contributed by atoms with Crippen molar-refractivity contribution < 1.29 is 9.90 Å². The molecule has 4 heteroatoms. The van der Waals surface area contributed by atoms with E-state index in [9.17, 15) is 4.79 Å². The SMILES string of the molecule is CNC(=O)C(N)C(C)O. The first-order chi connectivity index (χ1) is 4.09. The van der Waals surface area contributed by atoms with Gasteiger partial charge in [0.05, 0.1) is 6.10 Å². The highest BCUT2D eigenvalue weighted by molar-refractivity contribution is 5.81. The summed E-state index contributed by atoms with van der Waals surface area (Å²) in [6, 6.07) is -0.810. The lowest BCUT2D eigenvalue weighted by Crippen LogP contribution is -2.45. The van der Waals surface area contributed by atoms with Gasteiger partial charge in [-0.05, 0) is 6.92 Å². The fourth-order valence-electron chi connectivity index (χ4n) is 0.386. The molecule has 0 rings (SSSR count). The summed E-state index contributed by atoms with van der Waals surface area (Å²) in [5, 5.41) is 11.1. The zero-order valence-electron chi connectivity index (χ0n) is 5.59. The lowest BCUT2D eigenvalue weighted by atomic mass is 10.2. The second-order valence-electron chi connectivity index (χ2n) is 1.88. The second-order valence-corrected chi connectivity index (χ2v) is 1.88. The van der Waals surface area contributed by atoms with Crippen molar-refractivity contribution >= 4 is 5.91 Å². The Hall–Kier alpha value is -0.610. The van der Waals surface area contributed by atoms with Crippen LogP contribution in [0.1, 0.15) is 6.92 Å². The Labute approximate surface area is 54.0 Å². The number of hydrogen-bond acceptors (Lipinski definition) is 3. The molecule has 9 heavy (non-hydrogen) atoms. The molecule has 54 valence electrons.